The number of carbonyl (C=O) groups is 2. The van der Waals surface area contributed by atoms with Gasteiger partial charge in [-0.05, 0) is 48.1 Å². The third-order valence-electron chi connectivity index (χ3n) is 6.38. The predicted octanol–water partition coefficient (Wildman–Crippen LogP) is 4.30. The fraction of sp³-hybridized carbons (Fsp3) is 0.214. The summed E-state index contributed by atoms with van der Waals surface area (Å²) >= 11 is 0. The van der Waals surface area contributed by atoms with Crippen LogP contribution in [-0.2, 0) is 9.53 Å². The summed E-state index contributed by atoms with van der Waals surface area (Å²) < 4.78 is 5.77. The van der Waals surface area contributed by atoms with Gasteiger partial charge in [0.2, 0.25) is 0 Å². The van der Waals surface area contributed by atoms with Crippen LogP contribution in [0.2, 0.25) is 0 Å². The first-order valence-corrected chi connectivity index (χ1v) is 11.7. The molecular formula is C28H25N3O4. The van der Waals surface area contributed by atoms with Crippen molar-refractivity contribution in [1.82, 2.24) is 5.01 Å². The lowest BCUT2D eigenvalue weighted by atomic mass is 9.77. The van der Waals surface area contributed by atoms with E-state index in [-0.39, 0.29) is 17.5 Å². The molecule has 0 bridgehead atoms. The van der Waals surface area contributed by atoms with Gasteiger partial charge >= 0.3 is 5.97 Å². The van der Waals surface area contributed by atoms with Gasteiger partial charge in [-0.15, -0.1) is 0 Å². The molecule has 0 saturated heterocycles. The number of carbonyl (C=O) groups excluding carboxylic acids is 2. The topological polar surface area (TPSA) is 85.9 Å². The van der Waals surface area contributed by atoms with Crippen LogP contribution in [0.15, 0.2) is 95.9 Å². The van der Waals surface area contributed by atoms with Gasteiger partial charge in [0.1, 0.15) is 5.56 Å². The lowest BCUT2D eigenvalue weighted by Crippen LogP contribution is -2.34. The summed E-state index contributed by atoms with van der Waals surface area (Å²) in [6.07, 6.45) is 7.36. The molecule has 1 aliphatic carbocycles. The van der Waals surface area contributed by atoms with E-state index in [0.29, 0.717) is 4.73 Å². The molecule has 0 radical (unpaired) electrons. The molecule has 1 fully saturated rings. The highest BCUT2D eigenvalue weighted by Gasteiger charge is 2.43. The van der Waals surface area contributed by atoms with E-state index in [9.17, 15) is 14.8 Å². The van der Waals surface area contributed by atoms with Gasteiger partial charge in [0.15, 0.2) is 19.0 Å². The number of nitrogens with zero attached hydrogens (tertiary/aromatic N) is 3. The Bertz CT molecular complexity index is 1290. The second-order valence-corrected chi connectivity index (χ2v) is 8.69. The molecule has 3 aromatic rings. The quantitative estimate of drug-likeness (QED) is 0.318. The van der Waals surface area contributed by atoms with Crippen LogP contribution in [0.3, 0.4) is 0 Å². The number of hydrazone groups is 1. The molecule has 0 N–H and O–H groups in total. The normalized spacial score (nSPS) is 20.3. The van der Waals surface area contributed by atoms with E-state index in [2.05, 4.69) is 18.2 Å². The standard InChI is InChI=1S/C28H25N3O4/c32-25(19-35-28(33)23-14-8-16-30(34)18-23)31-27(21-11-5-2-6-12-21)24-15-7-13-22(26(24)29-31)17-20-9-3-1-4-10-20/h1-6,8-12,14,16-18,24,27H,7,13,15,19H2. The van der Waals surface area contributed by atoms with Gasteiger partial charge in [0, 0.05) is 12.0 Å². The lowest BCUT2D eigenvalue weighted by Gasteiger charge is -2.29. The van der Waals surface area contributed by atoms with Gasteiger partial charge < -0.3 is 9.94 Å². The lowest BCUT2D eigenvalue weighted by molar-refractivity contribution is -0.605. The van der Waals surface area contributed by atoms with Crippen LogP contribution < -0.4 is 4.73 Å². The van der Waals surface area contributed by atoms with Crippen LogP contribution in [-0.4, -0.2) is 29.2 Å². The van der Waals surface area contributed by atoms with Crippen LogP contribution >= 0.6 is 0 Å². The highest BCUT2D eigenvalue weighted by molar-refractivity contribution is 6.08. The van der Waals surface area contributed by atoms with Gasteiger partial charge in [-0.25, -0.2) is 9.80 Å². The fourth-order valence-electron chi connectivity index (χ4n) is 4.79. The van der Waals surface area contributed by atoms with Crippen molar-refractivity contribution in [1.29, 1.82) is 0 Å². The smallest absolute Gasteiger partial charge is 0.344 e. The minimum atomic E-state index is -0.728. The monoisotopic (exact) mass is 467 g/mol. The minimum absolute atomic E-state index is 0.0642. The van der Waals surface area contributed by atoms with E-state index in [1.54, 1.807) is 0 Å². The largest absolute Gasteiger partial charge is 0.619 e. The first-order valence-electron chi connectivity index (χ1n) is 11.7. The molecule has 176 valence electrons. The summed E-state index contributed by atoms with van der Waals surface area (Å²) in [5, 5.41) is 17.7. The Hall–Kier alpha value is -4.26. The molecule has 2 unspecified atom stereocenters. The number of hydrogen-bond acceptors (Lipinski definition) is 5. The van der Waals surface area contributed by atoms with Crippen molar-refractivity contribution in [2.45, 2.75) is 25.3 Å². The molecular weight excluding hydrogens is 442 g/mol. The van der Waals surface area contributed by atoms with E-state index < -0.39 is 18.5 Å². The zero-order valence-electron chi connectivity index (χ0n) is 19.1. The first-order chi connectivity index (χ1) is 17.1. The third kappa shape index (κ3) is 4.84. The van der Waals surface area contributed by atoms with E-state index in [1.807, 2.05) is 48.5 Å². The number of aromatic nitrogens is 1. The number of hydrogen-bond donors (Lipinski definition) is 0. The predicted molar refractivity (Wildman–Crippen MR) is 131 cm³/mol. The summed E-state index contributed by atoms with van der Waals surface area (Å²) in [7, 11) is 0. The molecule has 2 atom stereocenters. The van der Waals surface area contributed by atoms with Gasteiger partial charge in [0.05, 0.1) is 11.8 Å². The second-order valence-electron chi connectivity index (χ2n) is 8.69. The number of benzene rings is 2. The summed E-state index contributed by atoms with van der Waals surface area (Å²) in [5.41, 5.74) is 4.23. The van der Waals surface area contributed by atoms with Crippen LogP contribution in [0.5, 0.6) is 0 Å². The van der Waals surface area contributed by atoms with Crippen molar-refractivity contribution in [2.24, 2.45) is 11.0 Å². The molecule has 2 aliphatic rings. The number of pyridine rings is 1. The van der Waals surface area contributed by atoms with Crippen molar-refractivity contribution >= 4 is 23.7 Å². The Labute approximate surface area is 203 Å². The highest BCUT2D eigenvalue weighted by atomic mass is 16.5. The Kier molecular flexibility index (Phi) is 6.39. The molecule has 1 aliphatic heterocycles. The third-order valence-corrected chi connectivity index (χ3v) is 6.38. The van der Waals surface area contributed by atoms with Crippen LogP contribution in [0.25, 0.3) is 6.08 Å². The Morgan fingerprint density at radius 3 is 2.54 bits per heavy atom. The van der Waals surface area contributed by atoms with Crippen LogP contribution in [0.4, 0.5) is 0 Å². The number of amides is 1. The van der Waals surface area contributed by atoms with Crippen molar-refractivity contribution < 1.29 is 19.1 Å². The second kappa shape index (κ2) is 9.93. The molecule has 7 heteroatoms. The van der Waals surface area contributed by atoms with Crippen molar-refractivity contribution in [3.63, 3.8) is 0 Å². The molecule has 5 rings (SSSR count). The van der Waals surface area contributed by atoms with Gasteiger partial charge in [-0.2, -0.15) is 9.83 Å². The summed E-state index contributed by atoms with van der Waals surface area (Å²) in [6, 6.07) is 22.6. The maximum atomic E-state index is 13.3. The maximum Gasteiger partial charge on any atom is 0.344 e. The van der Waals surface area contributed by atoms with Crippen LogP contribution in [0.1, 0.15) is 46.8 Å². The zero-order valence-corrected chi connectivity index (χ0v) is 19.1. The van der Waals surface area contributed by atoms with Crippen molar-refractivity contribution in [3.8, 4) is 0 Å². The molecule has 35 heavy (non-hydrogen) atoms. The fourth-order valence-corrected chi connectivity index (χ4v) is 4.79. The SMILES string of the molecule is O=C(OCC(=O)N1N=C2C(=Cc3ccccc3)CCCC2C1c1ccccc1)c1ccc[n+]([O-])c1. The van der Waals surface area contributed by atoms with Gasteiger partial charge in [0.25, 0.3) is 5.91 Å². The van der Waals surface area contributed by atoms with E-state index in [4.69, 9.17) is 9.84 Å². The average molecular weight is 468 g/mol. The molecule has 2 aromatic carbocycles. The highest BCUT2D eigenvalue weighted by Crippen LogP contribution is 2.44. The summed E-state index contributed by atoms with van der Waals surface area (Å²) in [5.74, 6) is -1.07. The molecule has 2 heterocycles. The Morgan fingerprint density at radius 1 is 1.06 bits per heavy atom. The van der Waals surface area contributed by atoms with Crippen molar-refractivity contribution in [2.75, 3.05) is 6.61 Å². The molecule has 1 amide bonds. The van der Waals surface area contributed by atoms with E-state index in [0.717, 1.165) is 47.9 Å². The number of fused-ring (bicyclic) bond motifs is 1. The number of allylic oxidation sites excluding steroid dienone is 1. The van der Waals surface area contributed by atoms with E-state index in [1.165, 1.54) is 23.3 Å². The van der Waals surface area contributed by atoms with E-state index >= 15 is 0 Å². The van der Waals surface area contributed by atoms with Gasteiger partial charge in [-0.1, -0.05) is 60.7 Å². The summed E-state index contributed by atoms with van der Waals surface area (Å²) in [4.78, 5) is 25.7. The van der Waals surface area contributed by atoms with Crippen LogP contribution in [0, 0.1) is 11.1 Å². The number of esters is 1. The van der Waals surface area contributed by atoms with Crippen molar-refractivity contribution in [3.05, 3.63) is 113 Å². The molecule has 1 aromatic heterocycles. The number of ether oxygens (including phenoxy) is 1. The average Bonchev–Trinajstić information content (AvgIpc) is 3.29. The zero-order chi connectivity index (χ0) is 24.2. The first kappa shape index (κ1) is 22.5. The maximum absolute atomic E-state index is 13.3. The minimum Gasteiger partial charge on any atom is -0.619 e. The number of rotatable bonds is 5. The summed E-state index contributed by atoms with van der Waals surface area (Å²) in [6.45, 7) is -0.461. The molecule has 7 nitrogen and oxygen atoms in total. The molecule has 0 spiro atoms. The Balaban J connectivity index is 1.42. The van der Waals surface area contributed by atoms with Gasteiger partial charge in [-0.3, -0.25) is 4.79 Å². The Morgan fingerprint density at radius 2 is 1.80 bits per heavy atom. The molecule has 1 saturated carbocycles.